The van der Waals surface area contributed by atoms with Gasteiger partial charge in [-0.15, -0.1) is 5.10 Å². The second-order valence-corrected chi connectivity index (χ2v) is 6.22. The van der Waals surface area contributed by atoms with Crippen molar-refractivity contribution in [3.63, 3.8) is 0 Å². The zero-order valence-electron chi connectivity index (χ0n) is 12.8. The summed E-state index contributed by atoms with van der Waals surface area (Å²) in [5.74, 6) is -0.871. The Morgan fingerprint density at radius 3 is 2.17 bits per heavy atom. The highest BCUT2D eigenvalue weighted by atomic mass is 32.2. The molecular weight excluding hydrogens is 324 g/mol. The van der Waals surface area contributed by atoms with Crippen LogP contribution in [0.15, 0.2) is 65.8 Å². The van der Waals surface area contributed by atoms with Crippen LogP contribution in [0.2, 0.25) is 0 Å². The van der Waals surface area contributed by atoms with Gasteiger partial charge >= 0.3 is 5.97 Å². The highest BCUT2D eigenvalue weighted by molar-refractivity contribution is 7.99. The van der Waals surface area contributed by atoms with E-state index in [0.29, 0.717) is 5.16 Å². The molecule has 0 aliphatic rings. The molecule has 122 valence electrons. The van der Waals surface area contributed by atoms with Crippen LogP contribution in [0.1, 0.15) is 22.8 Å². The first-order valence-corrected chi connectivity index (χ1v) is 8.36. The van der Waals surface area contributed by atoms with Gasteiger partial charge in [-0.05, 0) is 21.6 Å². The summed E-state index contributed by atoms with van der Waals surface area (Å²) < 4.78 is 1.54. The Hall–Kier alpha value is -2.67. The highest BCUT2D eigenvalue weighted by Crippen LogP contribution is 2.39. The number of benzene rings is 2. The summed E-state index contributed by atoms with van der Waals surface area (Å²) in [4.78, 5) is 10.8. The monoisotopic (exact) mass is 340 g/mol. The average molecular weight is 340 g/mol. The molecule has 0 amide bonds. The maximum absolute atomic E-state index is 10.8. The maximum atomic E-state index is 10.8. The lowest BCUT2D eigenvalue weighted by Crippen LogP contribution is -2.08. The fraction of sp³-hybridized carbons (Fsp3) is 0.176. The van der Waals surface area contributed by atoms with Gasteiger partial charge in [0.05, 0.1) is 18.2 Å². The molecular formula is C17H16N4O2S. The van der Waals surface area contributed by atoms with Gasteiger partial charge in [-0.1, -0.05) is 72.4 Å². The van der Waals surface area contributed by atoms with Gasteiger partial charge in [0.15, 0.2) is 0 Å². The van der Waals surface area contributed by atoms with Crippen molar-refractivity contribution in [2.75, 3.05) is 0 Å². The third-order valence-corrected chi connectivity index (χ3v) is 4.75. The van der Waals surface area contributed by atoms with Crippen LogP contribution < -0.4 is 0 Å². The second kappa shape index (κ2) is 7.74. The van der Waals surface area contributed by atoms with E-state index in [9.17, 15) is 4.79 Å². The van der Waals surface area contributed by atoms with Gasteiger partial charge in [-0.25, -0.2) is 4.68 Å². The number of aromatic nitrogens is 4. The van der Waals surface area contributed by atoms with E-state index in [1.54, 1.807) is 0 Å². The number of carboxylic acid groups (broad SMARTS) is 1. The molecule has 7 heteroatoms. The molecule has 24 heavy (non-hydrogen) atoms. The lowest BCUT2D eigenvalue weighted by molar-refractivity contribution is -0.137. The summed E-state index contributed by atoms with van der Waals surface area (Å²) in [7, 11) is 0. The number of carbonyl (C=O) groups is 1. The summed E-state index contributed by atoms with van der Waals surface area (Å²) in [6.45, 7) is 0.251. The number of carboxylic acids is 1. The van der Waals surface area contributed by atoms with Crippen LogP contribution in [0.3, 0.4) is 0 Å². The number of thioether (sulfide) groups is 1. The molecule has 6 nitrogen and oxygen atoms in total. The van der Waals surface area contributed by atoms with E-state index in [1.165, 1.54) is 16.4 Å². The smallest absolute Gasteiger partial charge is 0.305 e. The molecule has 3 aromatic rings. The minimum atomic E-state index is -0.871. The summed E-state index contributed by atoms with van der Waals surface area (Å²) >= 11 is 1.51. The van der Waals surface area contributed by atoms with E-state index in [4.69, 9.17) is 5.11 Å². The van der Waals surface area contributed by atoms with E-state index in [0.717, 1.165) is 11.1 Å². The third-order valence-electron chi connectivity index (χ3n) is 3.46. The Morgan fingerprint density at radius 2 is 1.62 bits per heavy atom. The summed E-state index contributed by atoms with van der Waals surface area (Å²) in [5, 5.41) is 21.1. The van der Waals surface area contributed by atoms with Gasteiger partial charge < -0.3 is 5.11 Å². The van der Waals surface area contributed by atoms with Crippen molar-refractivity contribution in [2.24, 2.45) is 0 Å². The Labute approximate surface area is 143 Å². The molecule has 0 aliphatic carbocycles. The zero-order valence-corrected chi connectivity index (χ0v) is 13.6. The Bertz CT molecular complexity index is 753. The standard InChI is InChI=1S/C17H16N4O2S/c22-15(23)11-12-21-17(18-19-20-21)24-16(13-7-3-1-4-8-13)14-9-5-2-6-10-14/h1-10,16H,11-12H2,(H,22,23). The van der Waals surface area contributed by atoms with Crippen LogP contribution in [-0.4, -0.2) is 31.3 Å². The fourth-order valence-electron chi connectivity index (χ4n) is 2.31. The van der Waals surface area contributed by atoms with Crippen molar-refractivity contribution in [3.05, 3.63) is 71.8 Å². The van der Waals surface area contributed by atoms with Gasteiger partial charge in [0.25, 0.3) is 0 Å². The van der Waals surface area contributed by atoms with E-state index in [1.807, 2.05) is 36.4 Å². The summed E-state index contributed by atoms with van der Waals surface area (Å²) in [6.07, 6.45) is -0.0139. The van der Waals surface area contributed by atoms with Crippen molar-refractivity contribution in [3.8, 4) is 0 Å². The molecule has 1 heterocycles. The number of tetrazole rings is 1. The molecule has 0 aliphatic heterocycles. The lowest BCUT2D eigenvalue weighted by atomic mass is 10.0. The molecule has 1 N–H and O–H groups in total. The molecule has 0 bridgehead atoms. The first-order chi connectivity index (χ1) is 11.7. The van der Waals surface area contributed by atoms with Gasteiger partial charge in [0.1, 0.15) is 0 Å². The van der Waals surface area contributed by atoms with Crippen LogP contribution in [-0.2, 0) is 11.3 Å². The second-order valence-electron chi connectivity index (χ2n) is 5.15. The van der Waals surface area contributed by atoms with Gasteiger partial charge in [0.2, 0.25) is 5.16 Å². The number of nitrogens with zero attached hydrogens (tertiary/aromatic N) is 4. The van der Waals surface area contributed by atoms with Crippen LogP contribution in [0.4, 0.5) is 0 Å². The van der Waals surface area contributed by atoms with Crippen molar-refractivity contribution in [1.29, 1.82) is 0 Å². The molecule has 0 atom stereocenters. The number of hydrogen-bond donors (Lipinski definition) is 1. The first-order valence-electron chi connectivity index (χ1n) is 7.48. The normalized spacial score (nSPS) is 10.9. The fourth-order valence-corrected chi connectivity index (χ4v) is 3.44. The quantitative estimate of drug-likeness (QED) is 0.666. The third kappa shape index (κ3) is 3.99. The van der Waals surface area contributed by atoms with Crippen LogP contribution in [0.25, 0.3) is 0 Å². The minimum absolute atomic E-state index is 0.0139. The Kier molecular flexibility index (Phi) is 5.22. The van der Waals surface area contributed by atoms with Gasteiger partial charge in [-0.2, -0.15) is 0 Å². The Morgan fingerprint density at radius 1 is 1.04 bits per heavy atom. The van der Waals surface area contributed by atoms with Crippen LogP contribution >= 0.6 is 11.8 Å². The SMILES string of the molecule is O=C(O)CCn1nnnc1SC(c1ccccc1)c1ccccc1. The number of aryl methyl sites for hydroxylation is 1. The largest absolute Gasteiger partial charge is 0.481 e. The predicted octanol–water partition coefficient (Wildman–Crippen LogP) is 3.03. The molecule has 0 radical (unpaired) electrons. The van der Waals surface area contributed by atoms with E-state index in [-0.39, 0.29) is 18.2 Å². The van der Waals surface area contributed by atoms with E-state index >= 15 is 0 Å². The number of rotatable bonds is 7. The first kappa shape index (κ1) is 16.2. The topological polar surface area (TPSA) is 80.9 Å². The van der Waals surface area contributed by atoms with Crippen molar-refractivity contribution >= 4 is 17.7 Å². The molecule has 0 fully saturated rings. The van der Waals surface area contributed by atoms with Crippen LogP contribution in [0, 0.1) is 0 Å². The van der Waals surface area contributed by atoms with E-state index in [2.05, 4.69) is 39.8 Å². The van der Waals surface area contributed by atoms with Gasteiger partial charge in [-0.3, -0.25) is 4.79 Å². The summed E-state index contributed by atoms with van der Waals surface area (Å²) in [5.41, 5.74) is 2.28. The molecule has 2 aromatic carbocycles. The highest BCUT2D eigenvalue weighted by Gasteiger charge is 2.19. The van der Waals surface area contributed by atoms with Crippen molar-refractivity contribution < 1.29 is 9.90 Å². The average Bonchev–Trinajstić information content (AvgIpc) is 3.06. The molecule has 0 spiro atoms. The van der Waals surface area contributed by atoms with Crippen molar-refractivity contribution in [1.82, 2.24) is 20.2 Å². The molecule has 0 saturated carbocycles. The Balaban J connectivity index is 1.88. The molecule has 1 aromatic heterocycles. The maximum Gasteiger partial charge on any atom is 0.305 e. The lowest BCUT2D eigenvalue weighted by Gasteiger charge is -2.17. The van der Waals surface area contributed by atoms with Crippen molar-refractivity contribution in [2.45, 2.75) is 23.4 Å². The van der Waals surface area contributed by atoms with Gasteiger partial charge in [0, 0.05) is 0 Å². The van der Waals surface area contributed by atoms with Crippen LogP contribution in [0.5, 0.6) is 0 Å². The van der Waals surface area contributed by atoms with E-state index < -0.39 is 5.97 Å². The minimum Gasteiger partial charge on any atom is -0.481 e. The molecule has 0 unspecified atom stereocenters. The summed E-state index contributed by atoms with van der Waals surface area (Å²) in [6, 6.07) is 20.2. The molecule has 3 rings (SSSR count). The zero-order chi connectivity index (χ0) is 16.8. The number of hydrogen-bond acceptors (Lipinski definition) is 5. The molecule has 0 saturated heterocycles. The predicted molar refractivity (Wildman–Crippen MR) is 90.7 cm³/mol. The number of aliphatic carboxylic acids is 1.